The van der Waals surface area contributed by atoms with Gasteiger partial charge < -0.3 is 5.11 Å². The number of hydrogen-bond acceptors (Lipinski definition) is 3. The average molecular weight is 277 g/mol. The molecule has 0 amide bonds. The second kappa shape index (κ2) is 6.06. The fourth-order valence-electron chi connectivity index (χ4n) is 0.888. The zero-order chi connectivity index (χ0) is 10.8. The minimum absolute atomic E-state index is 0. The van der Waals surface area contributed by atoms with Crippen LogP contribution < -0.4 is 0 Å². The molecule has 0 saturated carbocycles. The van der Waals surface area contributed by atoms with Crippen molar-refractivity contribution in [3.63, 3.8) is 0 Å². The van der Waals surface area contributed by atoms with Gasteiger partial charge in [0, 0.05) is 5.02 Å². The Balaban J connectivity index is 0.00000196. The first-order valence-corrected chi connectivity index (χ1v) is 5.65. The summed E-state index contributed by atoms with van der Waals surface area (Å²) in [6.07, 6.45) is 0. The summed E-state index contributed by atoms with van der Waals surface area (Å²) in [7, 11) is -3.73. The monoisotopic (exact) mass is 276 g/mol. The molecule has 0 heterocycles. The van der Waals surface area contributed by atoms with Gasteiger partial charge in [0.25, 0.3) is 0 Å². The van der Waals surface area contributed by atoms with Gasteiger partial charge in [0.05, 0.1) is 4.90 Å². The predicted octanol–water partition coefficient (Wildman–Crippen LogP) is 0.282. The first-order valence-electron chi connectivity index (χ1n) is 3.62. The Morgan fingerprint density at radius 3 is 2.13 bits per heavy atom. The van der Waals surface area contributed by atoms with Crippen molar-refractivity contribution >= 4 is 65.1 Å². The third-order valence-electron chi connectivity index (χ3n) is 1.49. The van der Waals surface area contributed by atoms with Crippen LogP contribution in [-0.4, -0.2) is 63.0 Å². The molecule has 1 N–H and O–H groups in total. The van der Waals surface area contributed by atoms with Crippen LogP contribution in [0.25, 0.3) is 0 Å². The van der Waals surface area contributed by atoms with Crippen molar-refractivity contribution in [2.24, 2.45) is 0 Å². The average Bonchev–Trinajstić information content (AvgIpc) is 2.02. The van der Waals surface area contributed by atoms with Gasteiger partial charge in [-0.25, -0.2) is 8.42 Å². The summed E-state index contributed by atoms with van der Waals surface area (Å²) >= 11 is 5.56. The van der Waals surface area contributed by atoms with Crippen LogP contribution in [0, 0.1) is 0 Å². The van der Waals surface area contributed by atoms with Crippen molar-refractivity contribution in [1.29, 1.82) is 0 Å². The Kier molecular flexibility index (Phi) is 6.13. The molecule has 15 heavy (non-hydrogen) atoms. The Hall–Kier alpha value is 0.190. The molecule has 1 aromatic carbocycles. The number of hydrogen-bond donors (Lipinski definition) is 1. The van der Waals surface area contributed by atoms with Gasteiger partial charge in [-0.2, -0.15) is 0 Å². The summed E-state index contributed by atoms with van der Waals surface area (Å²) in [5.41, 5.74) is 0. The molecule has 1 aromatic rings. The van der Waals surface area contributed by atoms with E-state index in [4.69, 9.17) is 16.7 Å². The van der Waals surface area contributed by atoms with Gasteiger partial charge in [0.2, 0.25) is 0 Å². The van der Waals surface area contributed by atoms with Gasteiger partial charge in [0.1, 0.15) is 0 Å². The van der Waals surface area contributed by atoms with E-state index < -0.39 is 21.6 Å². The number of sulfone groups is 1. The number of halogens is 1. The van der Waals surface area contributed by atoms with Gasteiger partial charge in [-0.15, -0.1) is 0 Å². The molecule has 0 aliphatic heterocycles. The molecule has 0 atom stereocenters. The van der Waals surface area contributed by atoms with Crippen LogP contribution in [0.3, 0.4) is 0 Å². The van der Waals surface area contributed by atoms with Crippen LogP contribution in [0.5, 0.6) is 0 Å². The Bertz CT molecular complexity index is 440. The molecule has 0 fully saturated rings. The zero-order valence-electron chi connectivity index (χ0n) is 6.97. The van der Waals surface area contributed by atoms with Crippen LogP contribution >= 0.6 is 11.6 Å². The van der Waals surface area contributed by atoms with E-state index >= 15 is 0 Å². The van der Waals surface area contributed by atoms with E-state index in [0.29, 0.717) is 5.02 Å². The van der Waals surface area contributed by atoms with Crippen molar-refractivity contribution < 1.29 is 18.3 Å². The fraction of sp³-hybridized carbons (Fsp3) is 0.125. The zero-order valence-corrected chi connectivity index (χ0v) is 8.55. The molecule has 80 valence electrons. The number of carboxylic acid groups (broad SMARTS) is 1. The van der Waals surface area contributed by atoms with Crippen molar-refractivity contribution in [1.82, 2.24) is 0 Å². The Labute approximate surface area is 122 Å². The van der Waals surface area contributed by atoms with Crippen LogP contribution in [0.15, 0.2) is 29.2 Å². The van der Waals surface area contributed by atoms with Crippen LogP contribution in [0.2, 0.25) is 5.02 Å². The van der Waals surface area contributed by atoms with Gasteiger partial charge in [0.15, 0.2) is 15.6 Å². The topological polar surface area (TPSA) is 71.4 Å². The van der Waals surface area contributed by atoms with Gasteiger partial charge in [-0.3, -0.25) is 4.79 Å². The normalized spacial score (nSPS) is 10.5. The van der Waals surface area contributed by atoms with Gasteiger partial charge >= 0.3 is 43.7 Å². The van der Waals surface area contributed by atoms with E-state index in [1.807, 2.05) is 0 Å². The van der Waals surface area contributed by atoms with Crippen molar-refractivity contribution in [3.8, 4) is 0 Å². The summed E-state index contributed by atoms with van der Waals surface area (Å²) in [6.45, 7) is 0. The summed E-state index contributed by atoms with van der Waals surface area (Å²) in [5.74, 6) is -2.28. The molecule has 0 aliphatic carbocycles. The maximum atomic E-state index is 11.3. The molecule has 7 heteroatoms. The number of carbonyl (C=O) groups is 1. The van der Waals surface area contributed by atoms with Crippen LogP contribution in [-0.2, 0) is 14.6 Å². The number of benzene rings is 1. The molecule has 0 bridgehead atoms. The third kappa shape index (κ3) is 4.70. The first kappa shape index (κ1) is 15.2. The van der Waals surface area contributed by atoms with E-state index in [9.17, 15) is 13.2 Å². The van der Waals surface area contributed by atoms with E-state index in [-0.39, 0.29) is 42.6 Å². The molecule has 4 nitrogen and oxygen atoms in total. The molecule has 0 aromatic heterocycles. The summed E-state index contributed by atoms with van der Waals surface area (Å²) in [6, 6.07) is 5.35. The second-order valence-corrected chi connectivity index (χ2v) is 5.03. The van der Waals surface area contributed by atoms with E-state index in [0.717, 1.165) is 0 Å². The quantitative estimate of drug-likeness (QED) is 0.805. The molecule has 0 radical (unpaired) electrons. The van der Waals surface area contributed by atoms with Crippen molar-refractivity contribution in [2.45, 2.75) is 4.90 Å². The van der Waals surface area contributed by atoms with E-state index in [1.165, 1.54) is 24.3 Å². The van der Waals surface area contributed by atoms with E-state index in [1.54, 1.807) is 0 Å². The fourth-order valence-corrected chi connectivity index (χ4v) is 2.06. The third-order valence-corrected chi connectivity index (χ3v) is 3.36. The molecular weight excluding hydrogens is 268 g/mol. The Morgan fingerprint density at radius 1 is 1.27 bits per heavy atom. The molecule has 0 unspecified atom stereocenters. The number of aliphatic carboxylic acids is 1. The Morgan fingerprint density at radius 2 is 1.73 bits per heavy atom. The van der Waals surface area contributed by atoms with Gasteiger partial charge in [-0.1, -0.05) is 11.6 Å². The van der Waals surface area contributed by atoms with E-state index in [2.05, 4.69) is 0 Å². The molecule has 0 saturated heterocycles. The summed E-state index contributed by atoms with van der Waals surface area (Å²) < 4.78 is 22.7. The predicted molar refractivity (Wildman–Crippen MR) is 59.7 cm³/mol. The van der Waals surface area contributed by atoms with Crippen molar-refractivity contribution in [3.05, 3.63) is 29.3 Å². The summed E-state index contributed by atoms with van der Waals surface area (Å²) in [5, 5.41) is 8.76. The minimum atomic E-state index is -3.73. The molecule has 0 aliphatic rings. The van der Waals surface area contributed by atoms with Gasteiger partial charge in [-0.05, 0) is 24.3 Å². The second-order valence-electron chi connectivity index (χ2n) is 2.61. The van der Waals surface area contributed by atoms with Crippen LogP contribution in [0.4, 0.5) is 0 Å². The maximum absolute atomic E-state index is 11.3. The molecular formula is C8H9CaClO4S. The number of rotatable bonds is 3. The standard InChI is InChI=1S/C8H7ClO4S.Ca.2H/c9-6-1-3-7(4-2-6)14(12,13)5-8(10)11;;;/h1-4H,5H2,(H,10,11);;;. The van der Waals surface area contributed by atoms with Crippen LogP contribution in [0.1, 0.15) is 0 Å². The SMILES string of the molecule is O=C(O)CS(=O)(=O)c1ccc(Cl)cc1.[CaH2]. The summed E-state index contributed by atoms with van der Waals surface area (Å²) in [4.78, 5) is 10.2. The molecule has 1 rings (SSSR count). The van der Waals surface area contributed by atoms with Crippen molar-refractivity contribution in [2.75, 3.05) is 5.75 Å². The molecule has 0 spiro atoms. The number of carboxylic acids is 1. The first-order chi connectivity index (χ1) is 6.42.